The van der Waals surface area contributed by atoms with Gasteiger partial charge in [0.25, 0.3) is 0 Å². The van der Waals surface area contributed by atoms with E-state index >= 15 is 0 Å². The number of benzene rings is 1. The third-order valence-electron chi connectivity index (χ3n) is 3.90. The number of amides is 1. The monoisotopic (exact) mass is 277 g/mol. The van der Waals surface area contributed by atoms with Gasteiger partial charge in [-0.15, -0.1) is 0 Å². The lowest BCUT2D eigenvalue weighted by atomic mass is 10.0. The molecular weight excluding hydrogens is 258 g/mol. The van der Waals surface area contributed by atoms with Crippen LogP contribution < -0.4 is 0 Å². The second-order valence-electron chi connectivity index (χ2n) is 5.25. The number of cyclic esters (lactones) is 1. The molecule has 20 heavy (non-hydrogen) atoms. The molecular formula is C15H19NO4. The molecule has 0 bridgehead atoms. The number of likely N-dealkylation sites (N-methyl/N-ethyl adjacent to an activating group) is 1. The Morgan fingerprint density at radius 2 is 1.90 bits per heavy atom. The van der Waals surface area contributed by atoms with Gasteiger partial charge in [-0.05, 0) is 25.0 Å². The number of carbonyl (C=O) groups excluding carboxylic acids is 1. The largest absolute Gasteiger partial charge is 0.439 e. The summed E-state index contributed by atoms with van der Waals surface area (Å²) in [6, 6.07) is 7.92. The highest BCUT2D eigenvalue weighted by Crippen LogP contribution is 2.33. The average Bonchev–Trinajstić information content (AvgIpc) is 2.76. The van der Waals surface area contributed by atoms with Crippen LogP contribution in [0.1, 0.15) is 36.9 Å². The predicted molar refractivity (Wildman–Crippen MR) is 72.2 cm³/mol. The van der Waals surface area contributed by atoms with Crippen molar-refractivity contribution >= 4 is 6.09 Å². The summed E-state index contributed by atoms with van der Waals surface area (Å²) < 4.78 is 16.6. The van der Waals surface area contributed by atoms with Crippen molar-refractivity contribution in [3.05, 3.63) is 35.4 Å². The molecule has 0 spiro atoms. The SMILES string of the molecule is C[C@H]1[C@@H](c2cccc(C3OCCCO3)c2)OC(=O)N1C. The van der Waals surface area contributed by atoms with Crippen molar-refractivity contribution in [2.45, 2.75) is 31.8 Å². The van der Waals surface area contributed by atoms with Gasteiger partial charge in [-0.3, -0.25) is 0 Å². The van der Waals surface area contributed by atoms with Gasteiger partial charge in [0.1, 0.15) is 6.10 Å². The quantitative estimate of drug-likeness (QED) is 0.833. The van der Waals surface area contributed by atoms with Gasteiger partial charge >= 0.3 is 6.09 Å². The Kier molecular flexibility index (Phi) is 3.63. The van der Waals surface area contributed by atoms with Gasteiger partial charge < -0.3 is 19.1 Å². The minimum absolute atomic E-state index is 0.0194. The van der Waals surface area contributed by atoms with Crippen LogP contribution in [0.5, 0.6) is 0 Å². The van der Waals surface area contributed by atoms with E-state index in [1.807, 2.05) is 31.2 Å². The summed E-state index contributed by atoms with van der Waals surface area (Å²) >= 11 is 0. The van der Waals surface area contributed by atoms with Crippen LogP contribution in [0, 0.1) is 0 Å². The van der Waals surface area contributed by atoms with Gasteiger partial charge in [0.15, 0.2) is 6.29 Å². The number of carbonyl (C=O) groups is 1. The lowest BCUT2D eigenvalue weighted by Gasteiger charge is -2.24. The fourth-order valence-electron chi connectivity index (χ4n) is 2.57. The summed E-state index contributed by atoms with van der Waals surface area (Å²) in [6.45, 7) is 3.41. The molecule has 2 aliphatic heterocycles. The van der Waals surface area contributed by atoms with Gasteiger partial charge in [0, 0.05) is 12.6 Å². The smallest absolute Gasteiger partial charge is 0.410 e. The van der Waals surface area contributed by atoms with E-state index in [9.17, 15) is 4.79 Å². The highest BCUT2D eigenvalue weighted by atomic mass is 16.7. The normalized spacial score (nSPS) is 27.7. The number of ether oxygens (including phenoxy) is 3. The molecule has 2 aliphatic rings. The van der Waals surface area contributed by atoms with Crippen molar-refractivity contribution in [1.82, 2.24) is 4.90 Å². The molecule has 1 amide bonds. The van der Waals surface area contributed by atoms with Crippen LogP contribution in [0.3, 0.4) is 0 Å². The Bertz CT molecular complexity index is 498. The number of hydrogen-bond donors (Lipinski definition) is 0. The maximum absolute atomic E-state index is 11.6. The summed E-state index contributed by atoms with van der Waals surface area (Å²) in [4.78, 5) is 13.2. The summed E-state index contributed by atoms with van der Waals surface area (Å²) in [7, 11) is 1.75. The zero-order valence-electron chi connectivity index (χ0n) is 11.7. The molecule has 5 heteroatoms. The van der Waals surface area contributed by atoms with E-state index in [1.54, 1.807) is 11.9 Å². The Labute approximate surface area is 118 Å². The Hall–Kier alpha value is -1.59. The first kappa shape index (κ1) is 13.4. The van der Waals surface area contributed by atoms with Gasteiger partial charge in [-0.2, -0.15) is 0 Å². The van der Waals surface area contributed by atoms with Crippen molar-refractivity contribution in [1.29, 1.82) is 0 Å². The standard InChI is InChI=1S/C15H19NO4/c1-10-13(20-15(17)16(10)2)11-5-3-6-12(9-11)14-18-7-4-8-19-14/h3,5-6,9-10,13-14H,4,7-8H2,1-2H3/t10-,13-/m0/s1. The van der Waals surface area contributed by atoms with Crippen LogP contribution >= 0.6 is 0 Å². The molecule has 2 fully saturated rings. The Balaban J connectivity index is 1.82. The Morgan fingerprint density at radius 3 is 2.55 bits per heavy atom. The molecule has 2 heterocycles. The fraction of sp³-hybridized carbons (Fsp3) is 0.533. The number of hydrogen-bond acceptors (Lipinski definition) is 4. The molecule has 3 rings (SSSR count). The first-order valence-corrected chi connectivity index (χ1v) is 6.93. The van der Waals surface area contributed by atoms with Crippen molar-refractivity contribution in [3.8, 4) is 0 Å². The number of rotatable bonds is 2. The van der Waals surface area contributed by atoms with Crippen molar-refractivity contribution < 1.29 is 19.0 Å². The summed E-state index contributed by atoms with van der Waals surface area (Å²) in [5.74, 6) is 0. The molecule has 0 aliphatic carbocycles. The van der Waals surface area contributed by atoms with Crippen molar-refractivity contribution in [2.24, 2.45) is 0 Å². The molecule has 0 unspecified atom stereocenters. The van der Waals surface area contributed by atoms with E-state index < -0.39 is 0 Å². The highest BCUT2D eigenvalue weighted by molar-refractivity contribution is 5.70. The van der Waals surface area contributed by atoms with Crippen LogP contribution in [-0.4, -0.2) is 37.3 Å². The first-order chi connectivity index (χ1) is 9.66. The van der Waals surface area contributed by atoms with Crippen molar-refractivity contribution in [2.75, 3.05) is 20.3 Å². The van der Waals surface area contributed by atoms with Crippen LogP contribution in [0.2, 0.25) is 0 Å². The molecule has 2 saturated heterocycles. The Morgan fingerprint density at radius 1 is 1.20 bits per heavy atom. The maximum Gasteiger partial charge on any atom is 0.410 e. The minimum Gasteiger partial charge on any atom is -0.439 e. The van der Waals surface area contributed by atoms with Gasteiger partial charge in [-0.1, -0.05) is 18.2 Å². The van der Waals surface area contributed by atoms with Crippen LogP contribution in [0.15, 0.2) is 24.3 Å². The molecule has 0 radical (unpaired) electrons. The van der Waals surface area contributed by atoms with E-state index in [1.165, 1.54) is 0 Å². The molecule has 0 aromatic heterocycles. The van der Waals surface area contributed by atoms with Crippen LogP contribution in [0.25, 0.3) is 0 Å². The summed E-state index contributed by atoms with van der Waals surface area (Å²) in [5.41, 5.74) is 1.95. The third-order valence-corrected chi connectivity index (χ3v) is 3.90. The molecule has 2 atom stereocenters. The summed E-state index contributed by atoms with van der Waals surface area (Å²) in [5, 5.41) is 0. The lowest BCUT2D eigenvalue weighted by molar-refractivity contribution is -0.183. The van der Waals surface area contributed by atoms with Crippen LogP contribution in [0.4, 0.5) is 4.79 Å². The minimum atomic E-state index is -0.311. The van der Waals surface area contributed by atoms with E-state index in [4.69, 9.17) is 14.2 Å². The maximum atomic E-state index is 11.6. The van der Waals surface area contributed by atoms with E-state index in [2.05, 4.69) is 0 Å². The zero-order valence-corrected chi connectivity index (χ0v) is 11.7. The van der Waals surface area contributed by atoms with Gasteiger partial charge in [0.05, 0.1) is 19.3 Å². The lowest BCUT2D eigenvalue weighted by Crippen LogP contribution is -2.27. The molecule has 5 nitrogen and oxygen atoms in total. The topological polar surface area (TPSA) is 48.0 Å². The summed E-state index contributed by atoms with van der Waals surface area (Å²) in [6.07, 6.45) is 0.0982. The van der Waals surface area contributed by atoms with Crippen molar-refractivity contribution in [3.63, 3.8) is 0 Å². The molecule has 1 aromatic rings. The number of nitrogens with zero attached hydrogens (tertiary/aromatic N) is 1. The van der Waals surface area contributed by atoms with Gasteiger partial charge in [-0.25, -0.2) is 4.79 Å². The second kappa shape index (κ2) is 5.42. The first-order valence-electron chi connectivity index (χ1n) is 6.93. The van der Waals surface area contributed by atoms with E-state index in [-0.39, 0.29) is 24.5 Å². The highest BCUT2D eigenvalue weighted by Gasteiger charge is 2.37. The van der Waals surface area contributed by atoms with E-state index in [0.717, 1.165) is 17.5 Å². The molecule has 0 N–H and O–H groups in total. The third kappa shape index (κ3) is 2.39. The second-order valence-corrected chi connectivity index (χ2v) is 5.25. The fourth-order valence-corrected chi connectivity index (χ4v) is 2.57. The predicted octanol–water partition coefficient (Wildman–Crippen LogP) is 2.63. The van der Waals surface area contributed by atoms with Crippen LogP contribution in [-0.2, 0) is 14.2 Å². The molecule has 108 valence electrons. The zero-order chi connectivity index (χ0) is 14.1. The molecule has 0 saturated carbocycles. The molecule has 1 aromatic carbocycles. The van der Waals surface area contributed by atoms with Gasteiger partial charge in [0.2, 0.25) is 0 Å². The average molecular weight is 277 g/mol. The van der Waals surface area contributed by atoms with E-state index in [0.29, 0.717) is 13.2 Å².